The van der Waals surface area contributed by atoms with Crippen LogP contribution >= 0.6 is 0 Å². The Hall–Kier alpha value is -3.73. The van der Waals surface area contributed by atoms with E-state index < -0.39 is 0 Å². The molecule has 4 rings (SSSR count). The second kappa shape index (κ2) is 7.51. The lowest BCUT2D eigenvalue weighted by Gasteiger charge is -2.29. The number of amides is 2. The van der Waals surface area contributed by atoms with Gasteiger partial charge in [0.05, 0.1) is 12.8 Å². The number of ether oxygens (including phenoxy) is 1. The van der Waals surface area contributed by atoms with Crippen LogP contribution in [0.15, 0.2) is 73.1 Å². The van der Waals surface area contributed by atoms with Crippen LogP contribution in [0.2, 0.25) is 0 Å². The van der Waals surface area contributed by atoms with E-state index in [1.165, 1.54) is 0 Å². The van der Waals surface area contributed by atoms with Gasteiger partial charge in [0.2, 0.25) is 0 Å². The Balaban J connectivity index is 1.96. The molecule has 158 valence electrons. The number of nitrogens with one attached hydrogen (secondary N) is 1. The Morgan fingerprint density at radius 1 is 1.03 bits per heavy atom. The summed E-state index contributed by atoms with van der Waals surface area (Å²) in [6.07, 6.45) is 3.49. The number of anilines is 1. The summed E-state index contributed by atoms with van der Waals surface area (Å²) in [4.78, 5) is 14.2. The second-order valence-electron chi connectivity index (χ2n) is 8.71. The van der Waals surface area contributed by atoms with Crippen molar-refractivity contribution in [2.24, 2.45) is 0 Å². The van der Waals surface area contributed by atoms with E-state index in [0.29, 0.717) is 5.70 Å². The quantitative estimate of drug-likeness (QED) is 0.546. The minimum Gasteiger partial charge on any atom is -0.508 e. The number of fused-ring (bicyclic) bond motifs is 1. The van der Waals surface area contributed by atoms with E-state index in [0.717, 1.165) is 38.9 Å². The number of hydrogen-bond donors (Lipinski definition) is 2. The van der Waals surface area contributed by atoms with Gasteiger partial charge in [0.15, 0.2) is 0 Å². The van der Waals surface area contributed by atoms with Gasteiger partial charge in [-0.25, -0.2) is 4.79 Å². The summed E-state index contributed by atoms with van der Waals surface area (Å²) in [5, 5.41) is 14.5. The number of phenolic OH excluding ortho intramolecular Hbond substituents is 1. The van der Waals surface area contributed by atoms with E-state index >= 15 is 0 Å². The first kappa shape index (κ1) is 20.5. The van der Waals surface area contributed by atoms with Gasteiger partial charge >= 0.3 is 6.03 Å². The van der Waals surface area contributed by atoms with Gasteiger partial charge in [-0.05, 0) is 58.2 Å². The van der Waals surface area contributed by atoms with Gasteiger partial charge in [-0.1, -0.05) is 45.5 Å². The zero-order chi connectivity index (χ0) is 22.3. The molecule has 0 unspecified atom stereocenters. The molecule has 0 spiro atoms. The van der Waals surface area contributed by atoms with Crippen LogP contribution in [0.1, 0.15) is 26.3 Å². The summed E-state index contributed by atoms with van der Waals surface area (Å²) in [6.45, 7) is 10.2. The van der Waals surface area contributed by atoms with Gasteiger partial charge in [-0.15, -0.1) is 0 Å². The third kappa shape index (κ3) is 3.87. The lowest BCUT2D eigenvalue weighted by atomic mass is 9.83. The van der Waals surface area contributed by atoms with Crippen molar-refractivity contribution in [1.29, 1.82) is 0 Å². The number of methoxy groups -OCH3 is 1. The van der Waals surface area contributed by atoms with Gasteiger partial charge in [0.1, 0.15) is 11.5 Å². The Morgan fingerprint density at radius 3 is 2.42 bits per heavy atom. The molecule has 2 N–H and O–H groups in total. The highest BCUT2D eigenvalue weighted by atomic mass is 16.5. The van der Waals surface area contributed by atoms with Crippen molar-refractivity contribution in [2.45, 2.75) is 26.2 Å². The van der Waals surface area contributed by atoms with Crippen LogP contribution in [0.3, 0.4) is 0 Å². The van der Waals surface area contributed by atoms with E-state index in [1.54, 1.807) is 36.4 Å². The number of rotatable bonds is 3. The number of nitrogens with zero attached hydrogens (tertiary/aromatic N) is 1. The maximum Gasteiger partial charge on any atom is 0.330 e. The summed E-state index contributed by atoms with van der Waals surface area (Å²) in [5.74, 6) is 1.01. The zero-order valence-corrected chi connectivity index (χ0v) is 18.2. The summed E-state index contributed by atoms with van der Waals surface area (Å²) >= 11 is 0. The number of allylic oxidation sites excluding steroid dienone is 1. The number of carbonyl (C=O) groups is 1. The Labute approximate surface area is 182 Å². The monoisotopic (exact) mass is 414 g/mol. The molecule has 3 aromatic carbocycles. The molecule has 1 heterocycles. The molecule has 0 aliphatic carbocycles. The molecule has 31 heavy (non-hydrogen) atoms. The molecule has 0 fully saturated rings. The highest BCUT2D eigenvalue weighted by Gasteiger charge is 2.26. The standard InChI is InChI=1S/C26H26N2O3/c1-16-10-11-28(25(30)27-16)20-14-22(24(31-5)23(15-20)26(2,3)4)19-7-6-18-13-21(29)9-8-17(18)12-19/h6-15,29H,1H2,2-5H3,(H,27,30). The van der Waals surface area contributed by atoms with Crippen molar-refractivity contribution >= 4 is 22.5 Å². The molecule has 0 aromatic heterocycles. The van der Waals surface area contributed by atoms with E-state index in [-0.39, 0.29) is 17.2 Å². The Kier molecular flexibility index (Phi) is 4.97. The SMILES string of the molecule is C=C1C=CN(c2cc(-c3ccc4cc(O)ccc4c3)c(OC)c(C(C)(C)C)c2)C(=O)N1. The molecule has 1 aliphatic heterocycles. The van der Waals surface area contributed by atoms with E-state index in [2.05, 4.69) is 38.7 Å². The second-order valence-corrected chi connectivity index (χ2v) is 8.71. The van der Waals surface area contributed by atoms with E-state index in [9.17, 15) is 9.90 Å². The fourth-order valence-electron chi connectivity index (χ4n) is 3.82. The molecule has 0 saturated carbocycles. The molecule has 3 aromatic rings. The molecule has 5 heteroatoms. The maximum absolute atomic E-state index is 12.6. The van der Waals surface area contributed by atoms with E-state index in [4.69, 9.17) is 4.74 Å². The maximum atomic E-state index is 12.6. The molecular weight excluding hydrogens is 388 g/mol. The van der Waals surface area contributed by atoms with Gasteiger partial charge in [-0.2, -0.15) is 0 Å². The first-order valence-corrected chi connectivity index (χ1v) is 10.1. The third-order valence-electron chi connectivity index (χ3n) is 5.41. The lowest BCUT2D eigenvalue weighted by Crippen LogP contribution is -2.38. The van der Waals surface area contributed by atoms with Crippen molar-refractivity contribution in [3.63, 3.8) is 0 Å². The van der Waals surface area contributed by atoms with E-state index in [1.807, 2.05) is 30.3 Å². The highest BCUT2D eigenvalue weighted by molar-refractivity contribution is 5.98. The van der Waals surface area contributed by atoms with Crippen molar-refractivity contribution in [3.8, 4) is 22.6 Å². The molecule has 0 saturated heterocycles. The van der Waals surface area contributed by atoms with Crippen molar-refractivity contribution in [2.75, 3.05) is 12.0 Å². The predicted octanol–water partition coefficient (Wildman–Crippen LogP) is 6.08. The molecule has 1 aliphatic rings. The third-order valence-corrected chi connectivity index (χ3v) is 5.41. The molecular formula is C26H26N2O3. The minimum absolute atomic E-state index is 0.210. The smallest absolute Gasteiger partial charge is 0.330 e. The van der Waals surface area contributed by atoms with Gasteiger partial charge < -0.3 is 15.2 Å². The Morgan fingerprint density at radius 2 is 1.74 bits per heavy atom. The normalized spacial score (nSPS) is 14.1. The number of aromatic hydroxyl groups is 1. The largest absolute Gasteiger partial charge is 0.508 e. The topological polar surface area (TPSA) is 61.8 Å². The van der Waals surface area contributed by atoms with Crippen molar-refractivity contribution in [3.05, 3.63) is 78.6 Å². The highest BCUT2D eigenvalue weighted by Crippen LogP contribution is 2.43. The number of urea groups is 1. The average molecular weight is 415 g/mol. The van der Waals surface area contributed by atoms with Gasteiger partial charge in [-0.3, -0.25) is 4.90 Å². The number of carbonyl (C=O) groups excluding carboxylic acids is 1. The number of hydrogen-bond acceptors (Lipinski definition) is 3. The van der Waals surface area contributed by atoms with Crippen molar-refractivity contribution in [1.82, 2.24) is 5.32 Å². The predicted molar refractivity (Wildman–Crippen MR) is 126 cm³/mol. The summed E-state index contributed by atoms with van der Waals surface area (Å²) < 4.78 is 5.88. The van der Waals surface area contributed by atoms with Gasteiger partial charge in [0, 0.05) is 23.0 Å². The van der Waals surface area contributed by atoms with Crippen LogP contribution in [0, 0.1) is 0 Å². The summed E-state index contributed by atoms with van der Waals surface area (Å²) in [6, 6.07) is 15.1. The fourth-order valence-corrected chi connectivity index (χ4v) is 3.82. The van der Waals surface area contributed by atoms with Crippen LogP contribution in [0.5, 0.6) is 11.5 Å². The number of phenols is 1. The van der Waals surface area contributed by atoms with Crippen LogP contribution < -0.4 is 15.0 Å². The summed E-state index contributed by atoms with van der Waals surface area (Å²) in [7, 11) is 1.67. The lowest BCUT2D eigenvalue weighted by molar-refractivity contribution is 0.250. The minimum atomic E-state index is -0.252. The average Bonchev–Trinajstić information content (AvgIpc) is 2.71. The van der Waals surface area contributed by atoms with Crippen molar-refractivity contribution < 1.29 is 14.6 Å². The molecule has 5 nitrogen and oxygen atoms in total. The van der Waals surface area contributed by atoms with Crippen LogP contribution in [-0.4, -0.2) is 18.2 Å². The molecule has 0 bridgehead atoms. The zero-order valence-electron chi connectivity index (χ0n) is 18.2. The van der Waals surface area contributed by atoms with Crippen LogP contribution in [-0.2, 0) is 5.41 Å². The fraction of sp³-hybridized carbons (Fsp3) is 0.192. The Bertz CT molecular complexity index is 1240. The van der Waals surface area contributed by atoms with Crippen LogP contribution in [0.25, 0.3) is 21.9 Å². The first-order chi connectivity index (χ1) is 14.7. The molecule has 2 amide bonds. The number of benzene rings is 3. The van der Waals surface area contributed by atoms with Gasteiger partial charge in [0.25, 0.3) is 0 Å². The summed E-state index contributed by atoms with van der Waals surface area (Å²) in [5.41, 5.74) is 3.95. The molecule has 0 radical (unpaired) electrons. The first-order valence-electron chi connectivity index (χ1n) is 10.1. The van der Waals surface area contributed by atoms with Crippen LogP contribution in [0.4, 0.5) is 10.5 Å². The molecule has 0 atom stereocenters.